The lowest BCUT2D eigenvalue weighted by molar-refractivity contribution is -0.119. The first-order chi connectivity index (χ1) is 13.9. The minimum Gasteiger partial charge on any atom is -0.442 e. The number of anilines is 1. The van der Waals surface area contributed by atoms with Gasteiger partial charge in [0.1, 0.15) is 17.7 Å². The molecule has 4 rings (SSSR count). The van der Waals surface area contributed by atoms with Crippen LogP contribution in [0.2, 0.25) is 0 Å². The highest BCUT2D eigenvalue weighted by Gasteiger charge is 2.33. The van der Waals surface area contributed by atoms with Gasteiger partial charge in [-0.3, -0.25) is 14.7 Å². The molecule has 1 aliphatic rings. The van der Waals surface area contributed by atoms with E-state index < -0.39 is 23.8 Å². The third-order valence-corrected chi connectivity index (χ3v) is 4.68. The fourth-order valence-electron chi connectivity index (χ4n) is 3.32. The number of carbonyl (C=O) groups excluding carboxylic acids is 2. The monoisotopic (exact) mass is 397 g/mol. The van der Waals surface area contributed by atoms with Crippen LogP contribution in [0.5, 0.6) is 0 Å². The molecule has 2 amide bonds. The predicted molar refractivity (Wildman–Crippen MR) is 103 cm³/mol. The van der Waals surface area contributed by atoms with Gasteiger partial charge in [-0.15, -0.1) is 0 Å². The molecule has 1 aliphatic heterocycles. The highest BCUT2D eigenvalue weighted by atomic mass is 19.1. The Bertz CT molecular complexity index is 1100. The summed E-state index contributed by atoms with van der Waals surface area (Å²) in [5.74, 6) is -1.84. The van der Waals surface area contributed by atoms with Gasteiger partial charge in [0.25, 0.3) is 0 Å². The number of hydrogen-bond acceptors (Lipinski definition) is 4. The van der Waals surface area contributed by atoms with Crippen LogP contribution in [0.15, 0.2) is 48.7 Å². The number of nitrogens with zero attached hydrogens (tertiary/aromatic N) is 2. The number of rotatable bonds is 4. The summed E-state index contributed by atoms with van der Waals surface area (Å²) in [5.41, 5.74) is 0.974. The second-order valence-corrected chi connectivity index (χ2v) is 6.75. The number of ether oxygens (including phenoxy) is 1. The number of benzene rings is 2. The number of aromatic nitrogens is 1. The SMILES string of the molecule is CC(=O)NCC1CN(c2cc(F)c(-c3ccc4ncccc4c3)c(F)c2)C(=O)O1. The Morgan fingerprint density at radius 2 is 2.00 bits per heavy atom. The van der Waals surface area contributed by atoms with E-state index in [1.54, 1.807) is 30.5 Å². The van der Waals surface area contributed by atoms with E-state index >= 15 is 0 Å². The highest BCUT2D eigenvalue weighted by Crippen LogP contribution is 2.33. The summed E-state index contributed by atoms with van der Waals surface area (Å²) < 4.78 is 34.8. The van der Waals surface area contributed by atoms with Gasteiger partial charge in [-0.05, 0) is 35.9 Å². The van der Waals surface area contributed by atoms with Crippen molar-refractivity contribution >= 4 is 28.6 Å². The van der Waals surface area contributed by atoms with Gasteiger partial charge in [-0.2, -0.15) is 0 Å². The molecule has 0 aliphatic carbocycles. The Hall–Kier alpha value is -3.55. The zero-order chi connectivity index (χ0) is 20.5. The number of nitrogens with one attached hydrogen (secondary N) is 1. The Labute approximate surface area is 165 Å². The largest absolute Gasteiger partial charge is 0.442 e. The van der Waals surface area contributed by atoms with E-state index in [4.69, 9.17) is 4.74 Å². The van der Waals surface area contributed by atoms with Gasteiger partial charge in [-0.25, -0.2) is 13.6 Å². The zero-order valence-corrected chi connectivity index (χ0v) is 15.5. The van der Waals surface area contributed by atoms with Crippen LogP contribution < -0.4 is 10.2 Å². The fourth-order valence-corrected chi connectivity index (χ4v) is 3.32. The van der Waals surface area contributed by atoms with E-state index in [0.29, 0.717) is 5.56 Å². The summed E-state index contributed by atoms with van der Waals surface area (Å²) in [5, 5.41) is 3.31. The van der Waals surface area contributed by atoms with Crippen molar-refractivity contribution in [3.05, 3.63) is 60.3 Å². The molecule has 2 aromatic carbocycles. The number of hydrogen-bond donors (Lipinski definition) is 1. The van der Waals surface area contributed by atoms with E-state index in [1.165, 1.54) is 6.92 Å². The molecule has 1 N–H and O–H groups in total. The van der Waals surface area contributed by atoms with Crippen molar-refractivity contribution < 1.29 is 23.1 Å². The van der Waals surface area contributed by atoms with Gasteiger partial charge in [0.15, 0.2) is 0 Å². The maximum absolute atomic E-state index is 14.8. The summed E-state index contributed by atoms with van der Waals surface area (Å²) in [6.45, 7) is 1.56. The lowest BCUT2D eigenvalue weighted by atomic mass is 10.0. The number of carbonyl (C=O) groups is 2. The molecule has 1 unspecified atom stereocenters. The first-order valence-corrected chi connectivity index (χ1v) is 8.99. The molecular weight excluding hydrogens is 380 g/mol. The molecule has 8 heteroatoms. The van der Waals surface area contributed by atoms with Crippen LogP contribution >= 0.6 is 0 Å². The van der Waals surface area contributed by atoms with E-state index in [-0.39, 0.29) is 30.2 Å². The molecule has 1 fully saturated rings. The summed E-state index contributed by atoms with van der Waals surface area (Å²) >= 11 is 0. The van der Waals surface area contributed by atoms with Crippen molar-refractivity contribution in [3.8, 4) is 11.1 Å². The third-order valence-electron chi connectivity index (χ3n) is 4.68. The standard InChI is InChI=1S/C21H17F2N3O3/c1-12(27)25-10-16-11-26(21(28)29-16)15-8-17(22)20(18(23)9-15)14-4-5-19-13(7-14)3-2-6-24-19/h2-9,16H,10-11H2,1H3,(H,25,27). The van der Waals surface area contributed by atoms with Crippen LogP contribution in [-0.4, -0.2) is 36.2 Å². The predicted octanol–water partition coefficient (Wildman–Crippen LogP) is 3.64. The van der Waals surface area contributed by atoms with Crippen LogP contribution in [0.4, 0.5) is 19.3 Å². The summed E-state index contributed by atoms with van der Waals surface area (Å²) in [6.07, 6.45) is 0.334. The van der Waals surface area contributed by atoms with Crippen molar-refractivity contribution in [2.75, 3.05) is 18.0 Å². The molecule has 148 valence electrons. The van der Waals surface area contributed by atoms with Crippen molar-refractivity contribution in [1.82, 2.24) is 10.3 Å². The first kappa shape index (κ1) is 18.8. The van der Waals surface area contributed by atoms with Crippen molar-refractivity contribution in [2.45, 2.75) is 13.0 Å². The molecular formula is C21H17F2N3O3. The second-order valence-electron chi connectivity index (χ2n) is 6.75. The molecule has 0 spiro atoms. The maximum atomic E-state index is 14.8. The van der Waals surface area contributed by atoms with Gasteiger partial charge in [-0.1, -0.05) is 12.1 Å². The van der Waals surface area contributed by atoms with Crippen molar-refractivity contribution in [1.29, 1.82) is 0 Å². The normalized spacial score (nSPS) is 16.2. The summed E-state index contributed by atoms with van der Waals surface area (Å²) in [7, 11) is 0. The Morgan fingerprint density at radius 1 is 1.24 bits per heavy atom. The highest BCUT2D eigenvalue weighted by molar-refractivity contribution is 5.91. The van der Waals surface area contributed by atoms with Crippen molar-refractivity contribution in [2.24, 2.45) is 0 Å². The number of cyclic esters (lactones) is 1. The molecule has 1 atom stereocenters. The average molecular weight is 397 g/mol. The number of pyridine rings is 1. The number of amides is 2. The van der Waals surface area contributed by atoms with Crippen LogP contribution in [0.25, 0.3) is 22.0 Å². The van der Waals surface area contributed by atoms with Gasteiger partial charge >= 0.3 is 6.09 Å². The van der Waals surface area contributed by atoms with Gasteiger partial charge in [0.05, 0.1) is 29.9 Å². The van der Waals surface area contributed by atoms with Gasteiger partial charge in [0, 0.05) is 18.5 Å². The maximum Gasteiger partial charge on any atom is 0.414 e. The van der Waals surface area contributed by atoms with Gasteiger partial charge < -0.3 is 10.1 Å². The van der Waals surface area contributed by atoms with Gasteiger partial charge in [0.2, 0.25) is 5.91 Å². The molecule has 2 heterocycles. The molecule has 0 saturated carbocycles. The summed E-state index contributed by atoms with van der Waals surface area (Å²) in [6, 6.07) is 10.7. The van der Waals surface area contributed by atoms with E-state index in [9.17, 15) is 18.4 Å². The third kappa shape index (κ3) is 3.73. The topological polar surface area (TPSA) is 71.5 Å². The number of halogens is 2. The molecule has 1 aromatic heterocycles. The van der Waals surface area contributed by atoms with E-state index in [0.717, 1.165) is 27.9 Å². The zero-order valence-electron chi connectivity index (χ0n) is 15.5. The Balaban J connectivity index is 1.63. The van der Waals surface area contributed by atoms with E-state index in [1.807, 2.05) is 6.07 Å². The quantitative estimate of drug-likeness (QED) is 0.730. The second kappa shape index (κ2) is 7.46. The molecule has 3 aromatic rings. The fraction of sp³-hybridized carbons (Fsp3) is 0.190. The molecule has 1 saturated heterocycles. The average Bonchev–Trinajstić information content (AvgIpc) is 3.06. The van der Waals surface area contributed by atoms with Crippen LogP contribution in [-0.2, 0) is 9.53 Å². The van der Waals surface area contributed by atoms with Crippen LogP contribution in [0.1, 0.15) is 6.92 Å². The van der Waals surface area contributed by atoms with Crippen LogP contribution in [0.3, 0.4) is 0 Å². The lowest BCUT2D eigenvalue weighted by Crippen LogP contribution is -2.33. The first-order valence-electron chi connectivity index (χ1n) is 8.99. The Kier molecular flexibility index (Phi) is 4.84. The molecule has 0 radical (unpaired) electrons. The molecule has 6 nitrogen and oxygen atoms in total. The smallest absolute Gasteiger partial charge is 0.414 e. The van der Waals surface area contributed by atoms with Crippen LogP contribution in [0, 0.1) is 11.6 Å². The lowest BCUT2D eigenvalue weighted by Gasteiger charge is -2.15. The minimum atomic E-state index is -0.790. The molecule has 29 heavy (non-hydrogen) atoms. The Morgan fingerprint density at radius 3 is 2.72 bits per heavy atom. The van der Waals surface area contributed by atoms with E-state index in [2.05, 4.69) is 10.3 Å². The molecule has 0 bridgehead atoms. The minimum absolute atomic E-state index is 0.0570. The summed E-state index contributed by atoms with van der Waals surface area (Å²) in [4.78, 5) is 28.4. The van der Waals surface area contributed by atoms with Crippen molar-refractivity contribution in [3.63, 3.8) is 0 Å². The number of fused-ring (bicyclic) bond motifs is 1.